The summed E-state index contributed by atoms with van der Waals surface area (Å²) in [7, 11) is 0. The Morgan fingerprint density at radius 1 is 1.39 bits per heavy atom. The van der Waals surface area contributed by atoms with E-state index >= 15 is 0 Å². The first-order valence-electron chi connectivity index (χ1n) is 5.70. The summed E-state index contributed by atoms with van der Waals surface area (Å²) in [4.78, 5) is 14.5. The van der Waals surface area contributed by atoms with Crippen LogP contribution in [-0.2, 0) is 6.54 Å². The van der Waals surface area contributed by atoms with Gasteiger partial charge in [-0.15, -0.1) is 0 Å². The summed E-state index contributed by atoms with van der Waals surface area (Å²) in [5.74, 6) is 0.384. The highest BCUT2D eigenvalue weighted by molar-refractivity contribution is 5.68. The molecule has 94 valence electrons. The standard InChI is InChI=1S/C12H14N4O2/c1-9(2)7-15-8-11(16(17)18)12(14-15)10-3-5-13-6-4-10/h3-6,8-9H,7H2,1-2H3. The number of rotatable bonds is 4. The van der Waals surface area contributed by atoms with Crippen LogP contribution in [0.2, 0.25) is 0 Å². The maximum atomic E-state index is 11.0. The molecule has 2 rings (SSSR count). The van der Waals surface area contributed by atoms with Crippen molar-refractivity contribution < 1.29 is 4.92 Å². The summed E-state index contributed by atoms with van der Waals surface area (Å²) in [5.41, 5.74) is 1.13. The third kappa shape index (κ3) is 2.53. The van der Waals surface area contributed by atoms with Crippen LogP contribution in [0.4, 0.5) is 5.69 Å². The van der Waals surface area contributed by atoms with Gasteiger partial charge >= 0.3 is 5.69 Å². The second-order valence-corrected chi connectivity index (χ2v) is 4.47. The number of nitro groups is 1. The first kappa shape index (κ1) is 12.2. The minimum atomic E-state index is -0.403. The van der Waals surface area contributed by atoms with Crippen LogP contribution in [0.1, 0.15) is 13.8 Å². The Bertz CT molecular complexity index is 548. The molecule has 18 heavy (non-hydrogen) atoms. The molecule has 0 amide bonds. The molecule has 2 heterocycles. The topological polar surface area (TPSA) is 73.8 Å². The first-order chi connectivity index (χ1) is 8.58. The summed E-state index contributed by atoms with van der Waals surface area (Å²) < 4.78 is 1.62. The minimum absolute atomic E-state index is 0.0295. The molecule has 0 saturated heterocycles. The molecule has 0 radical (unpaired) electrons. The lowest BCUT2D eigenvalue weighted by Crippen LogP contribution is -2.04. The van der Waals surface area contributed by atoms with Crippen LogP contribution in [0.3, 0.4) is 0 Å². The van der Waals surface area contributed by atoms with Gasteiger partial charge in [0.15, 0.2) is 5.69 Å². The van der Waals surface area contributed by atoms with Gasteiger partial charge < -0.3 is 0 Å². The van der Waals surface area contributed by atoms with E-state index in [1.54, 1.807) is 29.2 Å². The molecule has 0 spiro atoms. The number of pyridine rings is 1. The van der Waals surface area contributed by atoms with Crippen molar-refractivity contribution in [3.63, 3.8) is 0 Å². The summed E-state index contributed by atoms with van der Waals surface area (Å²) in [6, 6.07) is 3.43. The molecule has 2 aromatic heterocycles. The van der Waals surface area contributed by atoms with Crippen LogP contribution >= 0.6 is 0 Å². The molecule has 0 aliphatic heterocycles. The monoisotopic (exact) mass is 246 g/mol. The molecule has 6 nitrogen and oxygen atoms in total. The smallest absolute Gasteiger partial charge is 0.265 e. The van der Waals surface area contributed by atoms with Crippen molar-refractivity contribution >= 4 is 5.69 Å². The molecule has 0 unspecified atom stereocenters. The van der Waals surface area contributed by atoms with Gasteiger partial charge in [0.25, 0.3) is 0 Å². The van der Waals surface area contributed by atoms with E-state index in [1.165, 1.54) is 6.20 Å². The van der Waals surface area contributed by atoms with Crippen LogP contribution in [0.15, 0.2) is 30.7 Å². The molecule has 0 aliphatic carbocycles. The molecule has 6 heteroatoms. The minimum Gasteiger partial charge on any atom is -0.265 e. The Morgan fingerprint density at radius 2 is 2.06 bits per heavy atom. The fourth-order valence-corrected chi connectivity index (χ4v) is 1.73. The molecule has 0 atom stereocenters. The molecular formula is C12H14N4O2. The highest BCUT2D eigenvalue weighted by Crippen LogP contribution is 2.27. The Balaban J connectivity index is 2.45. The van der Waals surface area contributed by atoms with Crippen molar-refractivity contribution in [2.24, 2.45) is 5.92 Å². The van der Waals surface area contributed by atoms with Gasteiger partial charge in [-0.05, 0) is 18.1 Å². The van der Waals surface area contributed by atoms with Gasteiger partial charge in [0.2, 0.25) is 0 Å². The Morgan fingerprint density at radius 3 is 2.61 bits per heavy atom. The molecule has 0 N–H and O–H groups in total. The van der Waals surface area contributed by atoms with E-state index in [1.807, 2.05) is 13.8 Å². The Labute approximate surface area is 104 Å². The van der Waals surface area contributed by atoms with Crippen LogP contribution < -0.4 is 0 Å². The zero-order valence-corrected chi connectivity index (χ0v) is 10.3. The zero-order chi connectivity index (χ0) is 13.1. The summed E-state index contributed by atoms with van der Waals surface area (Å²) in [6.07, 6.45) is 4.68. The number of nitrogens with zero attached hydrogens (tertiary/aromatic N) is 4. The summed E-state index contributed by atoms with van der Waals surface area (Å²) in [6.45, 7) is 4.74. The predicted octanol–water partition coefficient (Wildman–Crippen LogP) is 2.51. The maximum absolute atomic E-state index is 11.0. The van der Waals surface area contributed by atoms with Gasteiger partial charge in [-0.25, -0.2) is 0 Å². The second kappa shape index (κ2) is 4.95. The van der Waals surface area contributed by atoms with Gasteiger partial charge in [-0.3, -0.25) is 19.8 Å². The molecule has 0 bridgehead atoms. The quantitative estimate of drug-likeness (QED) is 0.613. The Hall–Kier alpha value is -2.24. The average molecular weight is 246 g/mol. The van der Waals surface area contributed by atoms with E-state index in [-0.39, 0.29) is 5.69 Å². The fraction of sp³-hybridized carbons (Fsp3) is 0.333. The van der Waals surface area contributed by atoms with Crippen molar-refractivity contribution in [3.8, 4) is 11.3 Å². The van der Waals surface area contributed by atoms with E-state index in [4.69, 9.17) is 0 Å². The van der Waals surface area contributed by atoms with Crippen LogP contribution in [0.25, 0.3) is 11.3 Å². The van der Waals surface area contributed by atoms with Crippen molar-refractivity contribution in [1.29, 1.82) is 0 Å². The number of hydrogen-bond donors (Lipinski definition) is 0. The van der Waals surface area contributed by atoms with Crippen molar-refractivity contribution in [3.05, 3.63) is 40.8 Å². The lowest BCUT2D eigenvalue weighted by atomic mass is 10.2. The average Bonchev–Trinajstić information content (AvgIpc) is 2.73. The normalized spacial score (nSPS) is 10.8. The lowest BCUT2D eigenvalue weighted by Gasteiger charge is -2.02. The largest absolute Gasteiger partial charge is 0.314 e. The van der Waals surface area contributed by atoms with Gasteiger partial charge in [0, 0.05) is 24.5 Å². The van der Waals surface area contributed by atoms with E-state index in [0.29, 0.717) is 23.7 Å². The van der Waals surface area contributed by atoms with Crippen LogP contribution in [0, 0.1) is 16.0 Å². The maximum Gasteiger partial charge on any atom is 0.314 e. The zero-order valence-electron chi connectivity index (χ0n) is 10.3. The van der Waals surface area contributed by atoms with Gasteiger partial charge in [-0.2, -0.15) is 5.10 Å². The van der Waals surface area contributed by atoms with E-state index in [9.17, 15) is 10.1 Å². The first-order valence-corrected chi connectivity index (χ1v) is 5.70. The third-order valence-corrected chi connectivity index (χ3v) is 2.45. The van der Waals surface area contributed by atoms with Crippen LogP contribution in [0.5, 0.6) is 0 Å². The van der Waals surface area contributed by atoms with E-state index in [2.05, 4.69) is 10.1 Å². The fourth-order valence-electron chi connectivity index (χ4n) is 1.73. The second-order valence-electron chi connectivity index (χ2n) is 4.47. The molecular weight excluding hydrogens is 232 g/mol. The van der Waals surface area contributed by atoms with Gasteiger partial charge in [-0.1, -0.05) is 13.8 Å². The molecule has 0 saturated carbocycles. The van der Waals surface area contributed by atoms with Gasteiger partial charge in [0.1, 0.15) is 6.20 Å². The summed E-state index contributed by atoms with van der Waals surface area (Å²) >= 11 is 0. The summed E-state index contributed by atoms with van der Waals surface area (Å²) in [5, 5.41) is 15.3. The number of aromatic nitrogens is 3. The molecule has 0 aliphatic rings. The molecule has 0 aromatic carbocycles. The molecule has 0 fully saturated rings. The predicted molar refractivity (Wildman–Crippen MR) is 67.0 cm³/mol. The SMILES string of the molecule is CC(C)Cn1cc([N+](=O)[O-])c(-c2ccncc2)n1. The lowest BCUT2D eigenvalue weighted by molar-refractivity contribution is -0.384. The third-order valence-electron chi connectivity index (χ3n) is 2.45. The van der Waals surface area contributed by atoms with Crippen molar-refractivity contribution in [1.82, 2.24) is 14.8 Å². The van der Waals surface area contributed by atoms with Crippen molar-refractivity contribution in [2.45, 2.75) is 20.4 Å². The Kier molecular flexibility index (Phi) is 3.36. The highest BCUT2D eigenvalue weighted by Gasteiger charge is 2.20. The van der Waals surface area contributed by atoms with E-state index in [0.717, 1.165) is 0 Å². The van der Waals surface area contributed by atoms with Crippen LogP contribution in [-0.4, -0.2) is 19.7 Å². The molecule has 2 aromatic rings. The van der Waals surface area contributed by atoms with Crippen molar-refractivity contribution in [2.75, 3.05) is 0 Å². The van der Waals surface area contributed by atoms with Gasteiger partial charge in [0.05, 0.1) is 4.92 Å². The number of hydrogen-bond acceptors (Lipinski definition) is 4. The highest BCUT2D eigenvalue weighted by atomic mass is 16.6. The van der Waals surface area contributed by atoms with E-state index < -0.39 is 4.92 Å².